The first-order valence-electron chi connectivity index (χ1n) is 8.29. The van der Waals surface area contributed by atoms with Gasteiger partial charge in [-0.1, -0.05) is 60.3 Å². The van der Waals surface area contributed by atoms with Crippen molar-refractivity contribution in [2.75, 3.05) is 12.3 Å². The van der Waals surface area contributed by atoms with Gasteiger partial charge in [-0.2, -0.15) is 0 Å². The number of hydrogen-bond acceptors (Lipinski definition) is 5. The van der Waals surface area contributed by atoms with E-state index in [0.29, 0.717) is 5.16 Å². The van der Waals surface area contributed by atoms with Crippen LogP contribution >= 0.6 is 11.8 Å². The summed E-state index contributed by atoms with van der Waals surface area (Å²) in [6, 6.07) is 19.6. The molecule has 1 unspecified atom stereocenters. The molecule has 0 bridgehead atoms. The maximum absolute atomic E-state index is 11.9. The van der Waals surface area contributed by atoms with Crippen LogP contribution in [0.5, 0.6) is 0 Å². The van der Waals surface area contributed by atoms with Gasteiger partial charge in [-0.25, -0.2) is 0 Å². The number of aliphatic hydroxyl groups excluding tert-OH is 1. The number of hydrogen-bond donors (Lipinski definition) is 2. The van der Waals surface area contributed by atoms with E-state index in [-0.39, 0.29) is 18.2 Å². The largest absolute Gasteiger partial charge is 0.392 e. The highest BCUT2D eigenvalue weighted by Gasteiger charge is 2.17. The van der Waals surface area contributed by atoms with Gasteiger partial charge in [0.2, 0.25) is 5.91 Å². The number of benzene rings is 2. The summed E-state index contributed by atoms with van der Waals surface area (Å²) in [5, 5.41) is 21.2. The first-order chi connectivity index (χ1) is 12.6. The number of aromatic nitrogens is 3. The van der Waals surface area contributed by atoms with Crippen LogP contribution in [0, 0.1) is 0 Å². The summed E-state index contributed by atoms with van der Waals surface area (Å²) in [5.41, 5.74) is 1.89. The van der Waals surface area contributed by atoms with E-state index in [9.17, 15) is 9.90 Å². The Hall–Kier alpha value is -2.64. The van der Waals surface area contributed by atoms with Crippen LogP contribution in [0.1, 0.15) is 6.92 Å². The number of rotatable bonds is 7. The molecule has 0 aliphatic rings. The summed E-state index contributed by atoms with van der Waals surface area (Å²) in [4.78, 5) is 11.9. The molecule has 0 aliphatic heterocycles. The fourth-order valence-corrected chi connectivity index (χ4v) is 3.17. The Morgan fingerprint density at radius 1 is 1.12 bits per heavy atom. The van der Waals surface area contributed by atoms with Gasteiger partial charge in [0.1, 0.15) is 0 Å². The van der Waals surface area contributed by atoms with Crippen molar-refractivity contribution in [2.24, 2.45) is 0 Å². The lowest BCUT2D eigenvalue weighted by molar-refractivity contribution is -0.118. The Balaban J connectivity index is 1.86. The molecular formula is C19H20N4O2S. The molecule has 0 saturated heterocycles. The Kier molecular flexibility index (Phi) is 6.04. The van der Waals surface area contributed by atoms with Crippen molar-refractivity contribution >= 4 is 17.7 Å². The van der Waals surface area contributed by atoms with Gasteiger partial charge in [-0.3, -0.25) is 9.36 Å². The second-order valence-corrected chi connectivity index (χ2v) is 6.73. The zero-order chi connectivity index (χ0) is 18.4. The SMILES string of the molecule is CC(O)CNC(=O)CSc1nnc(-c2ccccc2)n1-c1ccccc1. The molecule has 7 heteroatoms. The normalized spacial score (nSPS) is 11.9. The maximum atomic E-state index is 11.9. The van der Waals surface area contributed by atoms with Crippen LogP contribution in [-0.2, 0) is 4.79 Å². The van der Waals surface area contributed by atoms with Crippen LogP contribution in [0.15, 0.2) is 65.8 Å². The number of nitrogens with zero attached hydrogens (tertiary/aromatic N) is 3. The third-order valence-electron chi connectivity index (χ3n) is 3.61. The van der Waals surface area contributed by atoms with Gasteiger partial charge < -0.3 is 10.4 Å². The third kappa shape index (κ3) is 4.50. The van der Waals surface area contributed by atoms with Gasteiger partial charge in [-0.05, 0) is 19.1 Å². The summed E-state index contributed by atoms with van der Waals surface area (Å²) in [6.45, 7) is 1.87. The second-order valence-electron chi connectivity index (χ2n) is 5.78. The Bertz CT molecular complexity index is 850. The second kappa shape index (κ2) is 8.64. The minimum atomic E-state index is -0.568. The monoisotopic (exact) mass is 368 g/mol. The van der Waals surface area contributed by atoms with Gasteiger partial charge in [0.25, 0.3) is 0 Å². The van der Waals surface area contributed by atoms with E-state index in [0.717, 1.165) is 17.1 Å². The molecule has 2 aromatic carbocycles. The number of aliphatic hydroxyl groups is 1. The number of para-hydroxylation sites is 1. The number of carbonyl (C=O) groups is 1. The van der Waals surface area contributed by atoms with Gasteiger partial charge in [0.15, 0.2) is 11.0 Å². The predicted molar refractivity (Wildman–Crippen MR) is 102 cm³/mol. The van der Waals surface area contributed by atoms with E-state index in [4.69, 9.17) is 0 Å². The average Bonchev–Trinajstić information content (AvgIpc) is 3.10. The van der Waals surface area contributed by atoms with E-state index in [1.54, 1.807) is 6.92 Å². The fraction of sp³-hybridized carbons (Fsp3) is 0.211. The minimum absolute atomic E-state index is 0.153. The van der Waals surface area contributed by atoms with E-state index in [2.05, 4.69) is 15.5 Å². The van der Waals surface area contributed by atoms with Crippen LogP contribution < -0.4 is 5.32 Å². The molecule has 1 amide bonds. The van der Waals surface area contributed by atoms with Crippen LogP contribution in [0.4, 0.5) is 0 Å². The molecule has 0 aliphatic carbocycles. The molecule has 0 fully saturated rings. The first-order valence-corrected chi connectivity index (χ1v) is 9.27. The average molecular weight is 368 g/mol. The standard InChI is InChI=1S/C19H20N4O2S/c1-14(24)12-20-17(25)13-26-19-22-21-18(15-8-4-2-5-9-15)23(19)16-10-6-3-7-11-16/h2-11,14,24H,12-13H2,1H3,(H,20,25). The van der Waals surface area contributed by atoms with E-state index in [1.165, 1.54) is 11.8 Å². The number of nitrogens with one attached hydrogen (secondary N) is 1. The van der Waals surface area contributed by atoms with Gasteiger partial charge in [0.05, 0.1) is 11.9 Å². The van der Waals surface area contributed by atoms with Crippen molar-refractivity contribution in [1.29, 1.82) is 0 Å². The Morgan fingerprint density at radius 2 is 1.77 bits per heavy atom. The highest BCUT2D eigenvalue weighted by Crippen LogP contribution is 2.27. The highest BCUT2D eigenvalue weighted by atomic mass is 32.2. The Labute approximate surface area is 156 Å². The molecule has 3 rings (SSSR count). The Morgan fingerprint density at radius 3 is 2.42 bits per heavy atom. The smallest absolute Gasteiger partial charge is 0.230 e. The molecule has 2 N–H and O–H groups in total. The summed E-state index contributed by atoms with van der Waals surface area (Å²) < 4.78 is 1.95. The number of carbonyl (C=O) groups excluding carboxylic acids is 1. The lowest BCUT2D eigenvalue weighted by Crippen LogP contribution is -2.31. The quantitative estimate of drug-likeness (QED) is 0.627. The van der Waals surface area contributed by atoms with Crippen LogP contribution in [-0.4, -0.2) is 44.2 Å². The van der Waals surface area contributed by atoms with Crippen LogP contribution in [0.2, 0.25) is 0 Å². The first kappa shape index (κ1) is 18.2. The van der Waals surface area contributed by atoms with E-state index < -0.39 is 6.10 Å². The van der Waals surface area contributed by atoms with Gasteiger partial charge >= 0.3 is 0 Å². The molecule has 26 heavy (non-hydrogen) atoms. The molecule has 134 valence electrons. The van der Waals surface area contributed by atoms with E-state index >= 15 is 0 Å². The minimum Gasteiger partial charge on any atom is -0.392 e. The molecule has 1 heterocycles. The van der Waals surface area contributed by atoms with Gasteiger partial charge in [0, 0.05) is 17.8 Å². The molecule has 0 spiro atoms. The van der Waals surface area contributed by atoms with Crippen molar-refractivity contribution in [3.63, 3.8) is 0 Å². The summed E-state index contributed by atoms with van der Waals surface area (Å²) in [6.07, 6.45) is -0.568. The van der Waals surface area contributed by atoms with Crippen molar-refractivity contribution in [2.45, 2.75) is 18.2 Å². The maximum Gasteiger partial charge on any atom is 0.230 e. The molecule has 3 aromatic rings. The lowest BCUT2D eigenvalue weighted by Gasteiger charge is -2.10. The molecule has 0 saturated carbocycles. The summed E-state index contributed by atoms with van der Waals surface area (Å²) >= 11 is 1.31. The molecule has 1 aromatic heterocycles. The molecule has 6 nitrogen and oxygen atoms in total. The summed E-state index contributed by atoms with van der Waals surface area (Å²) in [7, 11) is 0. The van der Waals surface area contributed by atoms with Crippen molar-refractivity contribution < 1.29 is 9.90 Å². The van der Waals surface area contributed by atoms with Crippen molar-refractivity contribution in [1.82, 2.24) is 20.1 Å². The van der Waals surface area contributed by atoms with Crippen molar-refractivity contribution in [3.8, 4) is 17.1 Å². The number of amides is 1. The number of thioether (sulfide) groups is 1. The molecular weight excluding hydrogens is 348 g/mol. The van der Waals surface area contributed by atoms with Gasteiger partial charge in [-0.15, -0.1) is 10.2 Å². The molecule has 1 atom stereocenters. The summed E-state index contributed by atoms with van der Waals surface area (Å²) in [5.74, 6) is 0.774. The van der Waals surface area contributed by atoms with Crippen molar-refractivity contribution in [3.05, 3.63) is 60.7 Å². The van der Waals surface area contributed by atoms with E-state index in [1.807, 2.05) is 65.2 Å². The lowest BCUT2D eigenvalue weighted by atomic mass is 10.2. The topological polar surface area (TPSA) is 80.0 Å². The predicted octanol–water partition coefficient (Wildman–Crippen LogP) is 2.52. The van der Waals surface area contributed by atoms with Crippen LogP contribution in [0.25, 0.3) is 17.1 Å². The molecule has 0 radical (unpaired) electrons. The zero-order valence-electron chi connectivity index (χ0n) is 14.4. The fourth-order valence-electron chi connectivity index (χ4n) is 2.39. The third-order valence-corrected chi connectivity index (χ3v) is 4.54. The highest BCUT2D eigenvalue weighted by molar-refractivity contribution is 7.99. The zero-order valence-corrected chi connectivity index (χ0v) is 15.2. The van der Waals surface area contributed by atoms with Crippen LogP contribution in [0.3, 0.4) is 0 Å².